The van der Waals surface area contributed by atoms with Crippen LogP contribution in [0.1, 0.15) is 35.8 Å². The van der Waals surface area contributed by atoms with Crippen LogP contribution < -0.4 is 15.6 Å². The highest BCUT2D eigenvalue weighted by Crippen LogP contribution is 2.33. The summed E-state index contributed by atoms with van der Waals surface area (Å²) in [5, 5.41) is 3.67. The van der Waals surface area contributed by atoms with Gasteiger partial charge in [-0.3, -0.25) is 14.2 Å². The third kappa shape index (κ3) is 4.00. The van der Waals surface area contributed by atoms with Gasteiger partial charge >= 0.3 is 0 Å². The van der Waals surface area contributed by atoms with Crippen molar-refractivity contribution in [3.8, 4) is 17.0 Å². The molecule has 0 fully saturated rings. The maximum Gasteiger partial charge on any atom is 0.257 e. The number of nitrogens with zero attached hydrogens (tertiary/aromatic N) is 4. The molecule has 0 bridgehead atoms. The number of aryl methyl sites for hydroxylation is 1. The third-order valence-electron chi connectivity index (χ3n) is 5.87. The first kappa shape index (κ1) is 20.7. The van der Waals surface area contributed by atoms with Crippen LogP contribution >= 0.6 is 11.8 Å². The van der Waals surface area contributed by atoms with Crippen LogP contribution in [-0.2, 0) is 24.2 Å². The quantitative estimate of drug-likeness (QED) is 0.578. The Morgan fingerprint density at radius 2 is 2.09 bits per heavy atom. The van der Waals surface area contributed by atoms with Crippen molar-refractivity contribution in [2.24, 2.45) is 0 Å². The van der Waals surface area contributed by atoms with Crippen molar-refractivity contribution in [3.63, 3.8) is 0 Å². The number of ether oxygens (including phenoxy) is 1. The molecule has 3 heterocycles. The van der Waals surface area contributed by atoms with Crippen molar-refractivity contribution >= 4 is 17.7 Å². The summed E-state index contributed by atoms with van der Waals surface area (Å²) in [6.07, 6.45) is 4.39. The van der Waals surface area contributed by atoms with E-state index in [0.29, 0.717) is 12.3 Å². The van der Waals surface area contributed by atoms with Crippen molar-refractivity contribution in [2.75, 3.05) is 12.9 Å². The van der Waals surface area contributed by atoms with Crippen molar-refractivity contribution in [3.05, 3.63) is 64.0 Å². The molecule has 8 nitrogen and oxygen atoms in total. The predicted molar refractivity (Wildman–Crippen MR) is 121 cm³/mol. The van der Waals surface area contributed by atoms with Gasteiger partial charge in [-0.25, -0.2) is 15.0 Å². The summed E-state index contributed by atoms with van der Waals surface area (Å²) in [5.74, 6) is 1.36. The second kappa shape index (κ2) is 8.74. The van der Waals surface area contributed by atoms with Gasteiger partial charge in [0.25, 0.3) is 5.56 Å². The highest BCUT2D eigenvalue weighted by molar-refractivity contribution is 7.99. The number of amides is 1. The lowest BCUT2D eigenvalue weighted by Crippen LogP contribution is -2.32. The summed E-state index contributed by atoms with van der Waals surface area (Å²) in [6.45, 7) is 0.300. The predicted octanol–water partition coefficient (Wildman–Crippen LogP) is 2.55. The van der Waals surface area contributed by atoms with Gasteiger partial charge in [-0.05, 0) is 49.6 Å². The molecule has 5 rings (SSSR count). The van der Waals surface area contributed by atoms with Crippen LogP contribution in [0, 0.1) is 0 Å². The van der Waals surface area contributed by atoms with Gasteiger partial charge in [-0.2, -0.15) is 0 Å². The van der Waals surface area contributed by atoms with Crippen LogP contribution in [0.4, 0.5) is 0 Å². The topological polar surface area (TPSA) is 99.0 Å². The molecule has 1 N–H and O–H groups in total. The van der Waals surface area contributed by atoms with Gasteiger partial charge < -0.3 is 10.1 Å². The van der Waals surface area contributed by atoms with E-state index in [1.54, 1.807) is 23.4 Å². The Morgan fingerprint density at radius 3 is 2.91 bits per heavy atom. The average molecular weight is 450 g/mol. The normalized spacial score (nSPS) is 16.5. The van der Waals surface area contributed by atoms with E-state index in [1.807, 2.05) is 30.3 Å². The van der Waals surface area contributed by atoms with E-state index < -0.39 is 0 Å². The number of methoxy groups -OCH3 is 1. The molecule has 3 aromatic rings. The molecule has 0 saturated heterocycles. The Morgan fingerprint density at radius 1 is 1.25 bits per heavy atom. The zero-order chi connectivity index (χ0) is 22.1. The molecule has 0 spiro atoms. The van der Waals surface area contributed by atoms with Crippen molar-refractivity contribution in [2.45, 2.75) is 43.4 Å². The monoisotopic (exact) mass is 449 g/mol. The van der Waals surface area contributed by atoms with E-state index in [1.165, 1.54) is 6.33 Å². The lowest BCUT2D eigenvalue weighted by molar-refractivity contribution is -0.121. The molecule has 164 valence electrons. The molecule has 1 aliphatic carbocycles. The first-order valence-corrected chi connectivity index (χ1v) is 11.6. The first-order valence-electron chi connectivity index (χ1n) is 10.6. The number of carbonyl (C=O) groups is 1. The second-order valence-corrected chi connectivity index (χ2v) is 8.90. The fraction of sp³-hybridized carbons (Fsp3) is 0.348. The van der Waals surface area contributed by atoms with E-state index >= 15 is 0 Å². The van der Waals surface area contributed by atoms with Gasteiger partial charge in [-0.1, -0.05) is 11.8 Å². The average Bonchev–Trinajstić information content (AvgIpc) is 3.46. The number of hydrogen-bond acceptors (Lipinski definition) is 7. The standard InChI is InChI=1S/C23H23N5O3S/c1-31-17-7-5-14(6-8-17)20-9-15(25-13-26-20)11-24-21(29)10-16-12-32-23-27-19-4-2-3-18(19)22(30)28(16)23/h5-9,13,16H,2-4,10-12H2,1H3,(H,24,29). The number of carbonyl (C=O) groups excluding carboxylic acids is 1. The summed E-state index contributed by atoms with van der Waals surface area (Å²) >= 11 is 1.56. The molecular weight excluding hydrogens is 426 g/mol. The van der Waals surface area contributed by atoms with Crippen molar-refractivity contribution in [1.29, 1.82) is 0 Å². The lowest BCUT2D eigenvalue weighted by atomic mass is 10.1. The summed E-state index contributed by atoms with van der Waals surface area (Å²) in [4.78, 5) is 38.8. The highest BCUT2D eigenvalue weighted by atomic mass is 32.2. The van der Waals surface area contributed by atoms with Gasteiger partial charge in [-0.15, -0.1) is 0 Å². The van der Waals surface area contributed by atoms with E-state index in [2.05, 4.69) is 20.3 Å². The summed E-state index contributed by atoms with van der Waals surface area (Å²) in [5.41, 5.74) is 4.24. The van der Waals surface area contributed by atoms with Gasteiger partial charge in [0.15, 0.2) is 5.16 Å². The molecule has 0 radical (unpaired) electrons. The van der Waals surface area contributed by atoms with Crippen LogP contribution in [0.5, 0.6) is 5.75 Å². The van der Waals surface area contributed by atoms with E-state index in [-0.39, 0.29) is 23.9 Å². The largest absolute Gasteiger partial charge is 0.497 e. The number of fused-ring (bicyclic) bond motifs is 2. The number of aromatic nitrogens is 4. The molecule has 2 aromatic heterocycles. The zero-order valence-corrected chi connectivity index (χ0v) is 18.5. The Balaban J connectivity index is 1.24. The van der Waals surface area contributed by atoms with Crippen LogP contribution in [0.15, 0.2) is 46.6 Å². The summed E-state index contributed by atoms with van der Waals surface area (Å²) < 4.78 is 6.92. The van der Waals surface area contributed by atoms with Crippen molar-refractivity contribution < 1.29 is 9.53 Å². The zero-order valence-electron chi connectivity index (χ0n) is 17.7. The molecule has 0 saturated carbocycles. The van der Waals surface area contributed by atoms with Gasteiger partial charge in [0.05, 0.1) is 36.8 Å². The molecule has 32 heavy (non-hydrogen) atoms. The number of thioether (sulfide) groups is 1. The minimum Gasteiger partial charge on any atom is -0.497 e. The van der Waals surface area contributed by atoms with E-state index in [4.69, 9.17) is 4.74 Å². The Bertz CT molecular complexity index is 1230. The third-order valence-corrected chi connectivity index (χ3v) is 6.97. The minimum absolute atomic E-state index is 0.0326. The van der Waals surface area contributed by atoms with Crippen LogP contribution in [0.3, 0.4) is 0 Å². The molecule has 9 heteroatoms. The highest BCUT2D eigenvalue weighted by Gasteiger charge is 2.31. The van der Waals surface area contributed by atoms with Crippen LogP contribution in [0.2, 0.25) is 0 Å². The lowest BCUT2D eigenvalue weighted by Gasteiger charge is -2.14. The molecule has 1 aliphatic heterocycles. The summed E-state index contributed by atoms with van der Waals surface area (Å²) in [7, 11) is 1.63. The Kier molecular flexibility index (Phi) is 5.65. The second-order valence-electron chi connectivity index (χ2n) is 7.92. The molecule has 1 atom stereocenters. The number of nitrogens with one attached hydrogen (secondary N) is 1. The summed E-state index contributed by atoms with van der Waals surface area (Å²) in [6, 6.07) is 9.31. The maximum atomic E-state index is 12.9. The van der Waals surface area contributed by atoms with E-state index in [0.717, 1.165) is 58.4 Å². The minimum atomic E-state index is -0.166. The van der Waals surface area contributed by atoms with Crippen LogP contribution in [0.25, 0.3) is 11.3 Å². The van der Waals surface area contributed by atoms with Gasteiger partial charge in [0.2, 0.25) is 5.91 Å². The molecule has 1 unspecified atom stereocenters. The van der Waals surface area contributed by atoms with Gasteiger partial charge in [0, 0.05) is 23.3 Å². The maximum absolute atomic E-state index is 12.9. The van der Waals surface area contributed by atoms with Gasteiger partial charge in [0.1, 0.15) is 12.1 Å². The molecule has 1 aromatic carbocycles. The molecular formula is C23H23N5O3S. The van der Waals surface area contributed by atoms with E-state index in [9.17, 15) is 9.59 Å². The molecule has 1 amide bonds. The number of hydrogen-bond donors (Lipinski definition) is 1. The van der Waals surface area contributed by atoms with Crippen molar-refractivity contribution in [1.82, 2.24) is 24.8 Å². The first-order chi connectivity index (χ1) is 15.6. The fourth-order valence-corrected chi connectivity index (χ4v) is 5.35. The molecule has 2 aliphatic rings. The smallest absolute Gasteiger partial charge is 0.257 e. The Hall–Kier alpha value is -3.20. The number of rotatable bonds is 6. The fourth-order valence-electron chi connectivity index (χ4n) is 4.19. The SMILES string of the molecule is COc1ccc(-c2cc(CNC(=O)CC3CSc4nc5c(c(=O)n43)CCC5)ncn2)cc1. The van der Waals surface area contributed by atoms with Crippen LogP contribution in [-0.4, -0.2) is 38.3 Å². The number of benzene rings is 1. The Labute approximate surface area is 189 Å².